The molecule has 2 heteroatoms. The zero-order valence-corrected chi connectivity index (χ0v) is 44.6. The first kappa shape index (κ1) is 45.2. The summed E-state index contributed by atoms with van der Waals surface area (Å²) in [6.07, 6.45) is 0. The maximum absolute atomic E-state index is 2.62. The van der Waals surface area contributed by atoms with E-state index in [1.54, 1.807) is 14.4 Å². The van der Waals surface area contributed by atoms with Crippen LogP contribution in [0.2, 0.25) is 0 Å². The van der Waals surface area contributed by atoms with E-state index in [9.17, 15) is 0 Å². The number of rotatable bonds is 10. The first-order chi connectivity index (χ1) is 34.8. The van der Waals surface area contributed by atoms with Gasteiger partial charge in [-0.25, -0.2) is 0 Å². The molecule has 0 saturated carbocycles. The molecule has 0 aromatic heterocycles. The van der Waals surface area contributed by atoms with Gasteiger partial charge in [0, 0.05) is 0 Å². The van der Waals surface area contributed by atoms with Crippen molar-refractivity contribution in [2.24, 2.45) is 0 Å². The third kappa shape index (κ3) is 9.30. The van der Waals surface area contributed by atoms with Gasteiger partial charge in [0.2, 0.25) is 0 Å². The fraction of sp³-hybridized carbons (Fsp3) is 0. The summed E-state index contributed by atoms with van der Waals surface area (Å²) in [5.74, 6) is 0. The van der Waals surface area contributed by atoms with Crippen LogP contribution in [0.3, 0.4) is 0 Å². The van der Waals surface area contributed by atoms with Gasteiger partial charge in [-0.15, -0.1) is 0 Å². The first-order valence-corrected chi connectivity index (χ1v) is 32.7. The average Bonchev–Trinajstić information content (AvgIpc) is 4.01. The standard InChI is InChI=1S/2C28H20.2C6H5.2Sn/c2*1-5-13-23(14-6-1)21-27(25-17-9-3-10-18-25)28(26-19-11-4-12-20-26)22-24-15-7-2-8-16-24;2*1-2-4-6-5-3-1;;/h2*1-20H;2*1-5H;;. The van der Waals surface area contributed by atoms with E-state index < -0.39 is 39.5 Å². The minimum absolute atomic E-state index is 1.30. The van der Waals surface area contributed by atoms with Gasteiger partial charge < -0.3 is 0 Å². The number of benzene rings is 10. The Balaban J connectivity index is 0.000000152. The number of hydrogen-bond acceptors (Lipinski definition) is 0. The molecular weight excluding hydrogens is 1050 g/mol. The normalized spacial score (nSPS) is 13.9. The minimum atomic E-state index is -2.62. The van der Waals surface area contributed by atoms with Gasteiger partial charge in [-0.3, -0.25) is 0 Å². The molecule has 0 saturated heterocycles. The number of hydrogen-bond donors (Lipinski definition) is 0. The van der Waals surface area contributed by atoms with Gasteiger partial charge in [-0.05, 0) is 0 Å². The topological polar surface area (TPSA) is 0 Å². The molecule has 0 fully saturated rings. The van der Waals surface area contributed by atoms with Crippen molar-refractivity contribution in [1.82, 2.24) is 0 Å². The summed E-state index contributed by atoms with van der Waals surface area (Å²) in [5.41, 5.74) is 16.2. The van der Waals surface area contributed by atoms with Crippen LogP contribution in [0, 0.1) is 0 Å². The van der Waals surface area contributed by atoms with Crippen molar-refractivity contribution in [2.45, 2.75) is 0 Å². The van der Waals surface area contributed by atoms with Crippen LogP contribution in [0.4, 0.5) is 0 Å². The molecular formula is C68H50Sn2. The van der Waals surface area contributed by atoms with Crippen molar-refractivity contribution in [3.05, 3.63) is 348 Å². The van der Waals surface area contributed by atoms with E-state index in [2.05, 4.69) is 303 Å². The molecule has 0 spiro atoms. The van der Waals surface area contributed by atoms with Crippen LogP contribution >= 0.6 is 0 Å². The van der Waals surface area contributed by atoms with Gasteiger partial charge >= 0.3 is 431 Å². The van der Waals surface area contributed by atoms with Gasteiger partial charge in [0.05, 0.1) is 0 Å². The van der Waals surface area contributed by atoms with Crippen LogP contribution < -0.4 is 7.16 Å². The SMILES string of the molecule is c1ccc(C2=[C](c3ccccc3)[Sn]([c]3ccccc3)[C](c3ccccc3)=C2c2ccccc2)cc1.c1ccc(C2=[C](c3ccccc3)[Sn]([c]3ccccc3)[C](c3ccccc3)=C2c2ccccc2)cc1. The van der Waals surface area contributed by atoms with Gasteiger partial charge in [0.1, 0.15) is 0 Å². The van der Waals surface area contributed by atoms with Gasteiger partial charge in [-0.2, -0.15) is 0 Å². The van der Waals surface area contributed by atoms with Crippen molar-refractivity contribution in [2.75, 3.05) is 0 Å². The Kier molecular flexibility index (Phi) is 13.9. The summed E-state index contributed by atoms with van der Waals surface area (Å²) in [4.78, 5) is 0. The molecule has 0 aliphatic carbocycles. The monoisotopic (exact) mass is 1110 g/mol. The molecule has 2 aliphatic rings. The van der Waals surface area contributed by atoms with Crippen LogP contribution in [0.5, 0.6) is 0 Å². The Morgan fingerprint density at radius 2 is 0.286 bits per heavy atom. The molecule has 330 valence electrons. The summed E-state index contributed by atoms with van der Waals surface area (Å²) in [5, 5.41) is 0. The van der Waals surface area contributed by atoms with Crippen molar-refractivity contribution < 1.29 is 0 Å². The van der Waals surface area contributed by atoms with E-state index >= 15 is 0 Å². The van der Waals surface area contributed by atoms with E-state index in [1.165, 1.54) is 74.0 Å². The predicted octanol–water partition coefficient (Wildman–Crippen LogP) is 15.4. The average molecular weight is 1100 g/mol. The quantitative estimate of drug-likeness (QED) is 0.120. The van der Waals surface area contributed by atoms with E-state index in [1.807, 2.05) is 0 Å². The molecule has 2 aliphatic heterocycles. The maximum atomic E-state index is 2.36. The second-order valence-corrected chi connectivity index (χ2v) is 30.7. The van der Waals surface area contributed by atoms with Crippen molar-refractivity contribution in [1.29, 1.82) is 0 Å². The molecule has 0 atom stereocenters. The molecule has 2 radical (unpaired) electrons. The molecule has 12 rings (SSSR count). The third-order valence-electron chi connectivity index (χ3n) is 13.1. The summed E-state index contributed by atoms with van der Waals surface area (Å²) in [6, 6.07) is 111. The van der Waals surface area contributed by atoms with Gasteiger partial charge in [0.15, 0.2) is 0 Å². The van der Waals surface area contributed by atoms with E-state index in [0.717, 1.165) is 0 Å². The molecule has 0 bridgehead atoms. The summed E-state index contributed by atoms with van der Waals surface area (Å²) in [7, 11) is 0. The van der Waals surface area contributed by atoms with Crippen LogP contribution in [0.1, 0.15) is 44.5 Å². The second kappa shape index (κ2) is 21.6. The van der Waals surface area contributed by atoms with Crippen LogP contribution in [0.15, 0.2) is 303 Å². The zero-order chi connectivity index (χ0) is 46.9. The summed E-state index contributed by atoms with van der Waals surface area (Å²) < 4.78 is 9.25. The second-order valence-electron chi connectivity index (χ2n) is 17.4. The molecule has 10 aromatic rings. The first-order valence-electron chi connectivity index (χ1n) is 24.1. The fourth-order valence-electron chi connectivity index (χ4n) is 10.2. The molecule has 0 N–H and O–H groups in total. The summed E-state index contributed by atoms with van der Waals surface area (Å²) in [6.45, 7) is 0. The summed E-state index contributed by atoms with van der Waals surface area (Å²) >= 11 is -5.25. The Morgan fingerprint density at radius 3 is 0.457 bits per heavy atom. The number of allylic oxidation sites excluding steroid dienone is 4. The Morgan fingerprint density at radius 1 is 0.143 bits per heavy atom. The molecule has 70 heavy (non-hydrogen) atoms. The molecule has 0 amide bonds. The fourth-order valence-corrected chi connectivity index (χ4v) is 29.0. The molecule has 0 nitrogen and oxygen atoms in total. The zero-order valence-electron chi connectivity index (χ0n) is 38.9. The van der Waals surface area contributed by atoms with Crippen LogP contribution in [0.25, 0.3) is 36.6 Å². The van der Waals surface area contributed by atoms with Crippen molar-refractivity contribution in [3.63, 3.8) is 0 Å². The third-order valence-corrected chi connectivity index (χ3v) is 30.2. The Hall–Kier alpha value is -7.24. The van der Waals surface area contributed by atoms with Gasteiger partial charge in [0.25, 0.3) is 0 Å². The van der Waals surface area contributed by atoms with Gasteiger partial charge in [-0.1, -0.05) is 0 Å². The molecule has 2 heterocycles. The van der Waals surface area contributed by atoms with Crippen molar-refractivity contribution >= 4 is 83.3 Å². The van der Waals surface area contributed by atoms with E-state index in [4.69, 9.17) is 0 Å². The molecule has 10 aromatic carbocycles. The predicted molar refractivity (Wildman–Crippen MR) is 302 cm³/mol. The van der Waals surface area contributed by atoms with E-state index in [0.29, 0.717) is 0 Å². The van der Waals surface area contributed by atoms with E-state index in [-0.39, 0.29) is 0 Å². The van der Waals surface area contributed by atoms with Crippen LogP contribution in [-0.4, -0.2) is 39.5 Å². The van der Waals surface area contributed by atoms with Crippen LogP contribution in [-0.2, 0) is 0 Å². The Labute approximate surface area is 427 Å². The Bertz CT molecular complexity index is 3010. The van der Waals surface area contributed by atoms with Crippen molar-refractivity contribution in [3.8, 4) is 0 Å². The molecule has 0 unspecified atom stereocenters.